The highest BCUT2D eigenvalue weighted by Gasteiger charge is 2.27. The number of rotatable bonds is 13. The Morgan fingerprint density at radius 3 is 2.15 bits per heavy atom. The Kier molecular flexibility index (Phi) is 11.2. The lowest BCUT2D eigenvalue weighted by molar-refractivity contribution is 0.147. The first kappa shape index (κ1) is 19.0. The zero-order chi connectivity index (χ0) is 15.3. The summed E-state index contributed by atoms with van der Waals surface area (Å²) in [6.45, 7) is 15.6. The standard InChI is InChI=1S/C19H35N/c1-6-10-13-14-17-19(5,16-12-8-3)20(9-4)18-15-11-7-2/h7,9,11,15H,2,4,6,8,10,12-14,16-18H2,1,3,5H3/b15-11-. The molecule has 116 valence electrons. The molecule has 0 radical (unpaired) electrons. The molecule has 0 N–H and O–H groups in total. The van der Waals surface area contributed by atoms with Crippen molar-refractivity contribution in [1.82, 2.24) is 4.90 Å². The maximum Gasteiger partial charge on any atom is 0.0372 e. The van der Waals surface area contributed by atoms with Gasteiger partial charge in [-0.2, -0.15) is 0 Å². The van der Waals surface area contributed by atoms with Gasteiger partial charge < -0.3 is 4.90 Å². The van der Waals surface area contributed by atoms with Crippen molar-refractivity contribution in [1.29, 1.82) is 0 Å². The van der Waals surface area contributed by atoms with Crippen LogP contribution in [0.1, 0.15) is 72.1 Å². The number of nitrogens with zero attached hydrogens (tertiary/aromatic N) is 1. The molecule has 0 aromatic rings. The molecule has 0 saturated carbocycles. The minimum Gasteiger partial charge on any atom is -0.369 e. The first-order valence-electron chi connectivity index (χ1n) is 8.31. The summed E-state index contributed by atoms with van der Waals surface area (Å²) < 4.78 is 0. The van der Waals surface area contributed by atoms with Crippen molar-refractivity contribution >= 4 is 0 Å². The Labute approximate surface area is 127 Å². The van der Waals surface area contributed by atoms with E-state index in [2.05, 4.69) is 44.9 Å². The number of allylic oxidation sites excluding steroid dienone is 2. The smallest absolute Gasteiger partial charge is 0.0372 e. The van der Waals surface area contributed by atoms with Crippen LogP contribution in [-0.4, -0.2) is 17.0 Å². The Morgan fingerprint density at radius 1 is 0.950 bits per heavy atom. The molecule has 20 heavy (non-hydrogen) atoms. The Morgan fingerprint density at radius 2 is 1.60 bits per heavy atom. The van der Waals surface area contributed by atoms with Gasteiger partial charge in [0.25, 0.3) is 0 Å². The molecule has 0 rings (SSSR count). The third-order valence-electron chi connectivity index (χ3n) is 4.13. The van der Waals surface area contributed by atoms with Gasteiger partial charge in [-0.3, -0.25) is 0 Å². The fourth-order valence-electron chi connectivity index (χ4n) is 2.69. The lowest BCUT2D eigenvalue weighted by Gasteiger charge is -2.41. The highest BCUT2D eigenvalue weighted by molar-refractivity contribution is 5.02. The summed E-state index contributed by atoms with van der Waals surface area (Å²) in [6.07, 6.45) is 18.5. The molecule has 0 aliphatic rings. The molecule has 0 heterocycles. The first-order chi connectivity index (χ1) is 9.64. The van der Waals surface area contributed by atoms with E-state index in [9.17, 15) is 0 Å². The maximum absolute atomic E-state index is 4.02. The molecule has 1 atom stereocenters. The van der Waals surface area contributed by atoms with Gasteiger partial charge in [0, 0.05) is 12.1 Å². The van der Waals surface area contributed by atoms with E-state index in [1.54, 1.807) is 0 Å². The Hall–Kier alpha value is -0.980. The molecular formula is C19H35N. The van der Waals surface area contributed by atoms with Crippen molar-refractivity contribution in [2.45, 2.75) is 77.7 Å². The first-order valence-corrected chi connectivity index (χ1v) is 8.31. The zero-order valence-electron chi connectivity index (χ0n) is 14.0. The minimum absolute atomic E-state index is 0.247. The largest absolute Gasteiger partial charge is 0.369 e. The van der Waals surface area contributed by atoms with E-state index in [1.807, 2.05) is 18.4 Å². The lowest BCUT2D eigenvalue weighted by Crippen LogP contribution is -2.43. The van der Waals surface area contributed by atoms with Crippen LogP contribution in [-0.2, 0) is 0 Å². The van der Waals surface area contributed by atoms with Gasteiger partial charge in [0.05, 0.1) is 0 Å². The van der Waals surface area contributed by atoms with E-state index in [1.165, 1.54) is 51.4 Å². The third-order valence-corrected chi connectivity index (χ3v) is 4.13. The summed E-state index contributed by atoms with van der Waals surface area (Å²) in [5.74, 6) is 0. The molecule has 0 fully saturated rings. The van der Waals surface area contributed by atoms with Crippen molar-refractivity contribution in [2.75, 3.05) is 6.54 Å². The predicted molar refractivity (Wildman–Crippen MR) is 92.9 cm³/mol. The molecule has 1 nitrogen and oxygen atoms in total. The van der Waals surface area contributed by atoms with Crippen LogP contribution in [0.2, 0.25) is 0 Å². The molecule has 0 bridgehead atoms. The van der Waals surface area contributed by atoms with Crippen LogP contribution in [0.15, 0.2) is 37.6 Å². The predicted octanol–water partition coefficient (Wildman–Crippen LogP) is 6.09. The van der Waals surface area contributed by atoms with Gasteiger partial charge in [0.2, 0.25) is 0 Å². The lowest BCUT2D eigenvalue weighted by atomic mass is 9.87. The van der Waals surface area contributed by atoms with Crippen LogP contribution in [0.25, 0.3) is 0 Å². The molecule has 0 saturated heterocycles. The fourth-order valence-corrected chi connectivity index (χ4v) is 2.69. The summed E-state index contributed by atoms with van der Waals surface area (Å²) >= 11 is 0. The van der Waals surface area contributed by atoms with E-state index in [0.29, 0.717) is 0 Å². The molecule has 0 amide bonds. The van der Waals surface area contributed by atoms with Crippen LogP contribution in [0.5, 0.6) is 0 Å². The molecule has 1 unspecified atom stereocenters. The Balaban J connectivity index is 4.63. The van der Waals surface area contributed by atoms with E-state index >= 15 is 0 Å². The van der Waals surface area contributed by atoms with Crippen molar-refractivity contribution < 1.29 is 0 Å². The molecule has 0 aromatic carbocycles. The van der Waals surface area contributed by atoms with Gasteiger partial charge >= 0.3 is 0 Å². The Bertz CT molecular complexity index is 279. The van der Waals surface area contributed by atoms with E-state index < -0.39 is 0 Å². The van der Waals surface area contributed by atoms with Crippen LogP contribution in [0.4, 0.5) is 0 Å². The summed E-state index contributed by atoms with van der Waals surface area (Å²) in [5.41, 5.74) is 0.247. The summed E-state index contributed by atoms with van der Waals surface area (Å²) in [7, 11) is 0. The topological polar surface area (TPSA) is 3.24 Å². The van der Waals surface area contributed by atoms with E-state index in [4.69, 9.17) is 0 Å². The van der Waals surface area contributed by atoms with Crippen molar-refractivity contribution in [3.8, 4) is 0 Å². The highest BCUT2D eigenvalue weighted by Crippen LogP contribution is 2.29. The minimum atomic E-state index is 0.247. The van der Waals surface area contributed by atoms with Crippen LogP contribution in [0.3, 0.4) is 0 Å². The van der Waals surface area contributed by atoms with Gasteiger partial charge in [-0.05, 0) is 26.0 Å². The van der Waals surface area contributed by atoms with Crippen molar-refractivity contribution in [3.63, 3.8) is 0 Å². The van der Waals surface area contributed by atoms with E-state index in [-0.39, 0.29) is 5.54 Å². The van der Waals surface area contributed by atoms with Crippen LogP contribution in [0, 0.1) is 0 Å². The molecule has 1 heteroatoms. The molecular weight excluding hydrogens is 242 g/mol. The fraction of sp³-hybridized carbons (Fsp3) is 0.684. The molecule has 0 aliphatic heterocycles. The normalized spacial score (nSPS) is 14.2. The van der Waals surface area contributed by atoms with Crippen LogP contribution < -0.4 is 0 Å². The van der Waals surface area contributed by atoms with Gasteiger partial charge in [-0.1, -0.05) is 83.8 Å². The average molecular weight is 277 g/mol. The van der Waals surface area contributed by atoms with Crippen molar-refractivity contribution in [2.24, 2.45) is 0 Å². The van der Waals surface area contributed by atoms with Gasteiger partial charge in [0.1, 0.15) is 0 Å². The number of hydrogen-bond acceptors (Lipinski definition) is 1. The third kappa shape index (κ3) is 7.57. The zero-order valence-corrected chi connectivity index (χ0v) is 14.0. The van der Waals surface area contributed by atoms with Crippen LogP contribution >= 0.6 is 0 Å². The van der Waals surface area contributed by atoms with E-state index in [0.717, 1.165) is 6.54 Å². The molecule has 0 spiro atoms. The highest BCUT2D eigenvalue weighted by atomic mass is 15.2. The van der Waals surface area contributed by atoms with Gasteiger partial charge in [-0.15, -0.1) is 0 Å². The van der Waals surface area contributed by atoms with Gasteiger partial charge in [0.15, 0.2) is 0 Å². The second-order valence-electron chi connectivity index (χ2n) is 5.91. The maximum atomic E-state index is 4.02. The summed E-state index contributed by atoms with van der Waals surface area (Å²) in [5, 5.41) is 0. The second kappa shape index (κ2) is 11.8. The summed E-state index contributed by atoms with van der Waals surface area (Å²) in [4.78, 5) is 2.41. The number of hydrogen-bond donors (Lipinski definition) is 0. The van der Waals surface area contributed by atoms with Crippen molar-refractivity contribution in [3.05, 3.63) is 37.6 Å². The second-order valence-corrected chi connectivity index (χ2v) is 5.91. The molecule has 0 aromatic heterocycles. The van der Waals surface area contributed by atoms with Gasteiger partial charge in [-0.25, -0.2) is 0 Å². The summed E-state index contributed by atoms with van der Waals surface area (Å²) in [6, 6.07) is 0. The quantitative estimate of drug-likeness (QED) is 0.291. The molecule has 0 aliphatic carbocycles. The monoisotopic (exact) mass is 277 g/mol. The number of unbranched alkanes of at least 4 members (excludes halogenated alkanes) is 4. The average Bonchev–Trinajstić information content (AvgIpc) is 2.46. The SMILES string of the molecule is C=C/C=C\CN(C=C)C(C)(CCCC)CCCCCC.